The van der Waals surface area contributed by atoms with E-state index in [2.05, 4.69) is 48.3 Å². The van der Waals surface area contributed by atoms with E-state index < -0.39 is 0 Å². The highest BCUT2D eigenvalue weighted by Crippen LogP contribution is 2.34. The summed E-state index contributed by atoms with van der Waals surface area (Å²) in [7, 11) is 0. The predicted octanol–water partition coefficient (Wildman–Crippen LogP) is 6.46. The molecule has 3 aromatic carbocycles. The molecule has 164 valence electrons. The van der Waals surface area contributed by atoms with Crippen LogP contribution in [-0.2, 0) is 4.79 Å². The number of hydrogen-bond acceptors (Lipinski definition) is 2. The molecule has 1 aromatic heterocycles. The summed E-state index contributed by atoms with van der Waals surface area (Å²) < 4.78 is 5.84. The number of ether oxygens (including phenoxy) is 1. The molecule has 0 aliphatic rings. The van der Waals surface area contributed by atoms with Gasteiger partial charge < -0.3 is 14.6 Å². The van der Waals surface area contributed by atoms with Crippen LogP contribution in [0, 0.1) is 13.8 Å². The zero-order valence-corrected chi connectivity index (χ0v) is 19.3. The van der Waals surface area contributed by atoms with Crippen molar-refractivity contribution < 1.29 is 9.53 Å². The Kier molecular flexibility index (Phi) is 6.52. The Morgan fingerprint density at radius 2 is 1.81 bits per heavy atom. The zero-order chi connectivity index (χ0) is 22.7. The Balaban J connectivity index is 1.67. The van der Waals surface area contributed by atoms with Gasteiger partial charge >= 0.3 is 0 Å². The third-order valence-electron chi connectivity index (χ3n) is 5.77. The van der Waals surface area contributed by atoms with Gasteiger partial charge in [0, 0.05) is 34.2 Å². The Bertz CT molecular complexity index is 1230. The molecule has 32 heavy (non-hydrogen) atoms. The summed E-state index contributed by atoms with van der Waals surface area (Å²) in [6.45, 7) is 6.49. The minimum Gasteiger partial charge on any atom is -0.484 e. The minimum atomic E-state index is -0.222. The van der Waals surface area contributed by atoms with Crippen LogP contribution in [-0.4, -0.2) is 28.9 Å². The van der Waals surface area contributed by atoms with Gasteiger partial charge in [0.05, 0.1) is 6.04 Å². The van der Waals surface area contributed by atoms with Crippen molar-refractivity contribution in [1.29, 1.82) is 0 Å². The molecule has 0 spiro atoms. The molecule has 0 aliphatic carbocycles. The maximum Gasteiger partial charge on any atom is 0.261 e. The summed E-state index contributed by atoms with van der Waals surface area (Å²) >= 11 is 6.11. The first kappa shape index (κ1) is 22.0. The number of benzene rings is 3. The lowest BCUT2D eigenvalue weighted by Crippen LogP contribution is -2.38. The second kappa shape index (κ2) is 9.49. The van der Waals surface area contributed by atoms with Crippen LogP contribution in [0.25, 0.3) is 10.9 Å². The van der Waals surface area contributed by atoms with Crippen LogP contribution in [0.5, 0.6) is 5.75 Å². The van der Waals surface area contributed by atoms with E-state index in [-0.39, 0.29) is 18.6 Å². The number of carbonyl (C=O) groups is 1. The number of carbonyl (C=O) groups excluding carboxylic acids is 1. The van der Waals surface area contributed by atoms with Crippen LogP contribution in [0.15, 0.2) is 72.9 Å². The molecule has 1 atom stereocenters. The largest absolute Gasteiger partial charge is 0.484 e. The molecule has 0 fully saturated rings. The summed E-state index contributed by atoms with van der Waals surface area (Å²) in [6, 6.07) is 21.7. The third-order valence-corrected chi connectivity index (χ3v) is 6.20. The molecule has 0 radical (unpaired) electrons. The SMILES string of the molecule is CCN(C(=O)COc1ccc(Cl)c(C)c1)[C@H](c1ccc(C)cc1)c1c[nH]c2ccccc12. The second-order valence-electron chi connectivity index (χ2n) is 7.98. The number of fused-ring (bicyclic) bond motifs is 1. The van der Waals surface area contributed by atoms with Gasteiger partial charge in [0.2, 0.25) is 0 Å². The Hall–Kier alpha value is -3.24. The number of rotatable bonds is 7. The number of H-pyrrole nitrogens is 1. The monoisotopic (exact) mass is 446 g/mol. The summed E-state index contributed by atoms with van der Waals surface area (Å²) in [5.74, 6) is 0.561. The van der Waals surface area contributed by atoms with Gasteiger partial charge in [-0.1, -0.05) is 59.6 Å². The van der Waals surface area contributed by atoms with Gasteiger partial charge in [-0.15, -0.1) is 0 Å². The fraction of sp³-hybridized carbons (Fsp3) is 0.222. The number of likely N-dealkylation sites (N-methyl/N-ethyl adjacent to an activating group) is 1. The van der Waals surface area contributed by atoms with Gasteiger partial charge in [0.1, 0.15) is 5.75 Å². The molecule has 1 heterocycles. The van der Waals surface area contributed by atoms with Crippen LogP contribution in [0.2, 0.25) is 5.02 Å². The quantitative estimate of drug-likeness (QED) is 0.354. The van der Waals surface area contributed by atoms with Gasteiger partial charge in [0.25, 0.3) is 5.91 Å². The van der Waals surface area contributed by atoms with E-state index in [1.165, 1.54) is 5.56 Å². The number of nitrogens with one attached hydrogen (secondary N) is 1. The average molecular weight is 447 g/mol. The molecule has 0 aliphatic heterocycles. The van der Waals surface area contributed by atoms with Gasteiger partial charge in [-0.3, -0.25) is 4.79 Å². The molecule has 5 heteroatoms. The van der Waals surface area contributed by atoms with Crippen molar-refractivity contribution in [2.45, 2.75) is 26.8 Å². The minimum absolute atomic E-state index is 0.0420. The van der Waals surface area contributed by atoms with Crippen LogP contribution in [0.1, 0.15) is 35.2 Å². The van der Waals surface area contributed by atoms with E-state index >= 15 is 0 Å². The number of aromatic amines is 1. The maximum absolute atomic E-state index is 13.4. The number of aromatic nitrogens is 1. The normalized spacial score (nSPS) is 12.0. The molecule has 1 N–H and O–H groups in total. The van der Waals surface area contributed by atoms with E-state index in [4.69, 9.17) is 16.3 Å². The summed E-state index contributed by atoms with van der Waals surface area (Å²) in [5.41, 5.74) is 5.29. The molecule has 0 saturated carbocycles. The smallest absolute Gasteiger partial charge is 0.261 e. The number of hydrogen-bond donors (Lipinski definition) is 1. The highest BCUT2D eigenvalue weighted by molar-refractivity contribution is 6.31. The van der Waals surface area contributed by atoms with Crippen molar-refractivity contribution in [2.24, 2.45) is 0 Å². The Labute approximate surface area is 193 Å². The Morgan fingerprint density at radius 3 is 2.53 bits per heavy atom. The average Bonchev–Trinajstić information content (AvgIpc) is 3.22. The fourth-order valence-electron chi connectivity index (χ4n) is 4.03. The van der Waals surface area contributed by atoms with Gasteiger partial charge in [0.15, 0.2) is 6.61 Å². The highest BCUT2D eigenvalue weighted by atomic mass is 35.5. The molecule has 4 rings (SSSR count). The third kappa shape index (κ3) is 4.51. The van der Waals surface area contributed by atoms with Crippen molar-refractivity contribution in [3.05, 3.63) is 100 Å². The lowest BCUT2D eigenvalue weighted by molar-refractivity contribution is -0.134. The van der Waals surface area contributed by atoms with E-state index in [9.17, 15) is 4.79 Å². The molecule has 0 bridgehead atoms. The molecular weight excluding hydrogens is 420 g/mol. The zero-order valence-electron chi connectivity index (χ0n) is 18.6. The first-order chi connectivity index (χ1) is 15.5. The standard InChI is InChI=1S/C27H27ClN2O2/c1-4-30(26(31)17-32-21-13-14-24(28)19(3)15-21)27(20-11-9-18(2)10-12-20)23-16-29-25-8-6-5-7-22(23)25/h5-16,27,29H,4,17H2,1-3H3/t27-/m1/s1. The van der Waals surface area contributed by atoms with Crippen molar-refractivity contribution in [3.8, 4) is 5.75 Å². The summed E-state index contributed by atoms with van der Waals surface area (Å²) in [4.78, 5) is 18.6. The van der Waals surface area contributed by atoms with Crippen molar-refractivity contribution in [1.82, 2.24) is 9.88 Å². The van der Waals surface area contributed by atoms with Crippen LogP contribution in [0.3, 0.4) is 0 Å². The number of aryl methyl sites for hydroxylation is 2. The molecule has 0 unspecified atom stereocenters. The number of halogens is 1. The number of para-hydroxylation sites is 1. The molecule has 1 amide bonds. The van der Waals surface area contributed by atoms with Crippen LogP contribution >= 0.6 is 11.6 Å². The highest BCUT2D eigenvalue weighted by Gasteiger charge is 2.28. The lowest BCUT2D eigenvalue weighted by Gasteiger charge is -2.31. The topological polar surface area (TPSA) is 45.3 Å². The molecule has 0 saturated heterocycles. The molecule has 4 aromatic rings. The van der Waals surface area contributed by atoms with Crippen molar-refractivity contribution in [2.75, 3.05) is 13.2 Å². The summed E-state index contributed by atoms with van der Waals surface area (Å²) in [5, 5.41) is 1.79. The van der Waals surface area contributed by atoms with E-state index in [1.807, 2.05) is 43.1 Å². The van der Waals surface area contributed by atoms with Gasteiger partial charge in [-0.2, -0.15) is 0 Å². The predicted molar refractivity (Wildman–Crippen MR) is 130 cm³/mol. The van der Waals surface area contributed by atoms with Crippen LogP contribution < -0.4 is 4.74 Å². The number of nitrogens with zero attached hydrogens (tertiary/aromatic N) is 1. The van der Waals surface area contributed by atoms with Gasteiger partial charge in [-0.05, 0) is 56.2 Å². The van der Waals surface area contributed by atoms with Crippen LogP contribution in [0.4, 0.5) is 0 Å². The molecule has 4 nitrogen and oxygen atoms in total. The van der Waals surface area contributed by atoms with E-state index in [0.29, 0.717) is 17.3 Å². The number of amides is 1. The fourth-order valence-corrected chi connectivity index (χ4v) is 4.15. The Morgan fingerprint density at radius 1 is 1.06 bits per heavy atom. The first-order valence-corrected chi connectivity index (χ1v) is 11.2. The second-order valence-corrected chi connectivity index (χ2v) is 8.39. The van der Waals surface area contributed by atoms with Crippen molar-refractivity contribution in [3.63, 3.8) is 0 Å². The molecular formula is C27H27ClN2O2. The van der Waals surface area contributed by atoms with Gasteiger partial charge in [-0.25, -0.2) is 0 Å². The summed E-state index contributed by atoms with van der Waals surface area (Å²) in [6.07, 6.45) is 2.01. The first-order valence-electron chi connectivity index (χ1n) is 10.8. The lowest BCUT2D eigenvalue weighted by atomic mass is 9.95. The van der Waals surface area contributed by atoms with Crippen molar-refractivity contribution >= 4 is 28.4 Å². The maximum atomic E-state index is 13.4. The van der Waals surface area contributed by atoms with E-state index in [1.54, 1.807) is 12.1 Å². The van der Waals surface area contributed by atoms with E-state index in [0.717, 1.165) is 27.6 Å².